The lowest BCUT2D eigenvalue weighted by Gasteiger charge is -2.35. The predicted molar refractivity (Wildman–Crippen MR) is 94.2 cm³/mol. The summed E-state index contributed by atoms with van der Waals surface area (Å²) in [6.45, 7) is 13.3. The molecule has 0 bridgehead atoms. The van der Waals surface area contributed by atoms with Crippen LogP contribution in [0.25, 0.3) is 0 Å². The summed E-state index contributed by atoms with van der Waals surface area (Å²) >= 11 is 0. The lowest BCUT2D eigenvalue weighted by atomic mass is 10.4. The van der Waals surface area contributed by atoms with Crippen LogP contribution in [0.5, 0.6) is 0 Å². The molecule has 0 unspecified atom stereocenters. The van der Waals surface area contributed by atoms with Crippen LogP contribution in [0.1, 0.15) is 20.8 Å². The van der Waals surface area contributed by atoms with Crippen molar-refractivity contribution in [3.63, 3.8) is 0 Å². The zero-order valence-corrected chi connectivity index (χ0v) is 15.3. The second-order valence-electron chi connectivity index (χ2n) is 5.60. The van der Waals surface area contributed by atoms with Crippen molar-refractivity contribution in [1.29, 1.82) is 0 Å². The van der Waals surface area contributed by atoms with Crippen molar-refractivity contribution in [2.45, 2.75) is 26.9 Å². The third kappa shape index (κ3) is 6.88. The van der Waals surface area contributed by atoms with Crippen molar-refractivity contribution in [2.75, 3.05) is 51.6 Å². The van der Waals surface area contributed by atoms with E-state index in [-0.39, 0.29) is 18.5 Å². The molecule has 0 aliphatic carbocycles. The Kier molecular flexibility index (Phi) is 8.57. The fourth-order valence-corrected chi connectivity index (χ4v) is 3.56. The summed E-state index contributed by atoms with van der Waals surface area (Å²) in [5.74, 6) is 0.850. The summed E-state index contributed by atoms with van der Waals surface area (Å²) < 4.78 is 31.5. The molecule has 0 radical (unpaired) electrons. The fourth-order valence-electron chi connectivity index (χ4n) is 2.27. The molecule has 0 aromatic carbocycles. The van der Waals surface area contributed by atoms with Gasteiger partial charge in [0.25, 0.3) is 0 Å². The number of sulfonamides is 1. The number of hydrogen-bond donors (Lipinski definition) is 1. The average Bonchev–Trinajstić information content (AvgIpc) is 2.51. The Morgan fingerprint density at radius 2 is 2.00 bits per heavy atom. The number of aliphatic imine (C=N–C) groups is 1. The Morgan fingerprint density at radius 1 is 1.35 bits per heavy atom. The van der Waals surface area contributed by atoms with Crippen LogP contribution in [0, 0.1) is 0 Å². The van der Waals surface area contributed by atoms with E-state index in [0.29, 0.717) is 32.7 Å². The number of guanidine groups is 1. The van der Waals surface area contributed by atoms with Crippen molar-refractivity contribution in [1.82, 2.24) is 14.5 Å². The third-order valence-corrected chi connectivity index (χ3v) is 5.26. The molecule has 1 rings (SSSR count). The first-order valence-electron chi connectivity index (χ1n) is 8.14. The molecule has 1 saturated heterocycles. The summed E-state index contributed by atoms with van der Waals surface area (Å²) in [4.78, 5) is 6.52. The van der Waals surface area contributed by atoms with Gasteiger partial charge in [-0.05, 0) is 20.8 Å². The SMILES string of the molecule is C=CCN=C(NCC)N1CCN(S(=O)(=O)CCOC(C)C)CC1. The summed E-state index contributed by atoms with van der Waals surface area (Å²) in [6, 6.07) is 0. The maximum atomic E-state index is 12.3. The van der Waals surface area contributed by atoms with Crippen LogP contribution in [0.2, 0.25) is 0 Å². The number of ether oxygens (including phenoxy) is 1. The van der Waals surface area contributed by atoms with Crippen LogP contribution in [0.3, 0.4) is 0 Å². The topological polar surface area (TPSA) is 74.2 Å². The Labute approximate surface area is 140 Å². The molecule has 1 aliphatic rings. The number of hydrogen-bond acceptors (Lipinski definition) is 4. The van der Waals surface area contributed by atoms with Gasteiger partial charge in [-0.1, -0.05) is 6.08 Å². The molecular formula is C15H30N4O3S. The zero-order valence-electron chi connectivity index (χ0n) is 14.5. The van der Waals surface area contributed by atoms with E-state index in [0.717, 1.165) is 12.5 Å². The smallest absolute Gasteiger partial charge is 0.216 e. The van der Waals surface area contributed by atoms with Gasteiger partial charge in [-0.25, -0.2) is 13.4 Å². The van der Waals surface area contributed by atoms with Gasteiger partial charge in [-0.3, -0.25) is 0 Å². The molecule has 0 aromatic heterocycles. The second-order valence-corrected chi connectivity index (χ2v) is 7.69. The van der Waals surface area contributed by atoms with E-state index < -0.39 is 10.0 Å². The van der Waals surface area contributed by atoms with Crippen LogP contribution < -0.4 is 5.32 Å². The summed E-state index contributed by atoms with van der Waals surface area (Å²) in [7, 11) is -3.25. The number of nitrogens with zero attached hydrogens (tertiary/aromatic N) is 3. The van der Waals surface area contributed by atoms with Crippen molar-refractivity contribution in [2.24, 2.45) is 4.99 Å². The maximum absolute atomic E-state index is 12.3. The Morgan fingerprint density at radius 3 is 2.52 bits per heavy atom. The van der Waals surface area contributed by atoms with E-state index in [1.165, 1.54) is 0 Å². The molecule has 1 fully saturated rings. The maximum Gasteiger partial charge on any atom is 0.216 e. The van der Waals surface area contributed by atoms with Crippen molar-refractivity contribution in [3.8, 4) is 0 Å². The van der Waals surface area contributed by atoms with Gasteiger partial charge in [0.1, 0.15) is 0 Å². The minimum Gasteiger partial charge on any atom is -0.378 e. The number of nitrogens with one attached hydrogen (secondary N) is 1. The second kappa shape index (κ2) is 9.89. The fraction of sp³-hybridized carbons (Fsp3) is 0.800. The monoisotopic (exact) mass is 346 g/mol. The molecule has 0 saturated carbocycles. The first kappa shape index (κ1) is 19.9. The molecule has 1 aliphatic heterocycles. The van der Waals surface area contributed by atoms with Crippen LogP contribution in [0.4, 0.5) is 0 Å². The molecule has 0 atom stereocenters. The highest BCUT2D eigenvalue weighted by Crippen LogP contribution is 2.09. The highest BCUT2D eigenvalue weighted by Gasteiger charge is 2.27. The van der Waals surface area contributed by atoms with Crippen molar-refractivity contribution >= 4 is 16.0 Å². The lowest BCUT2D eigenvalue weighted by molar-refractivity contribution is 0.0904. The van der Waals surface area contributed by atoms with Crippen molar-refractivity contribution < 1.29 is 13.2 Å². The largest absolute Gasteiger partial charge is 0.378 e. The number of rotatable bonds is 8. The Hall–Kier alpha value is -1.12. The quantitative estimate of drug-likeness (QED) is 0.394. The lowest BCUT2D eigenvalue weighted by Crippen LogP contribution is -2.54. The van der Waals surface area contributed by atoms with Gasteiger partial charge in [-0.15, -0.1) is 6.58 Å². The highest BCUT2D eigenvalue weighted by molar-refractivity contribution is 7.89. The average molecular weight is 346 g/mol. The first-order chi connectivity index (χ1) is 10.9. The van der Waals surface area contributed by atoms with Crippen molar-refractivity contribution in [3.05, 3.63) is 12.7 Å². The van der Waals surface area contributed by atoms with Gasteiger partial charge >= 0.3 is 0 Å². The minimum absolute atomic E-state index is 0.0375. The highest BCUT2D eigenvalue weighted by atomic mass is 32.2. The van der Waals surface area contributed by atoms with Gasteiger partial charge in [0.2, 0.25) is 10.0 Å². The van der Waals surface area contributed by atoms with E-state index in [1.807, 2.05) is 20.8 Å². The minimum atomic E-state index is -3.25. The van der Waals surface area contributed by atoms with Gasteiger partial charge in [0.15, 0.2) is 5.96 Å². The van der Waals surface area contributed by atoms with Gasteiger partial charge in [0.05, 0.1) is 25.0 Å². The van der Waals surface area contributed by atoms with E-state index in [9.17, 15) is 8.42 Å². The Balaban J connectivity index is 2.54. The normalized spacial score (nSPS) is 17.6. The standard InChI is InChI=1S/C15H30N4O3S/c1-5-7-17-15(16-6-2)18-8-10-19(11-9-18)23(20,21)13-12-22-14(3)4/h5,14H,1,6-13H2,2-4H3,(H,16,17). The molecule has 0 amide bonds. The Bertz CT molecular complexity index is 483. The van der Waals surface area contributed by atoms with Gasteiger partial charge in [0, 0.05) is 32.7 Å². The van der Waals surface area contributed by atoms with Gasteiger partial charge < -0.3 is 15.0 Å². The molecule has 1 N–H and O–H groups in total. The summed E-state index contributed by atoms with van der Waals surface area (Å²) in [5.41, 5.74) is 0. The predicted octanol–water partition coefficient (Wildman–Crippen LogP) is 0.510. The van der Waals surface area contributed by atoms with Crippen LogP contribution >= 0.6 is 0 Å². The molecule has 23 heavy (non-hydrogen) atoms. The van der Waals surface area contributed by atoms with Crippen LogP contribution in [-0.2, 0) is 14.8 Å². The molecule has 7 nitrogen and oxygen atoms in total. The first-order valence-corrected chi connectivity index (χ1v) is 9.75. The molecule has 0 spiro atoms. The molecule has 8 heteroatoms. The molecule has 0 aromatic rings. The molecule has 1 heterocycles. The summed E-state index contributed by atoms with van der Waals surface area (Å²) in [6.07, 6.45) is 1.79. The molecular weight excluding hydrogens is 316 g/mol. The van der Waals surface area contributed by atoms with Crippen LogP contribution in [-0.4, -0.2) is 81.3 Å². The van der Waals surface area contributed by atoms with Gasteiger partial charge in [-0.2, -0.15) is 4.31 Å². The van der Waals surface area contributed by atoms with E-state index in [2.05, 4.69) is 21.8 Å². The van der Waals surface area contributed by atoms with E-state index in [1.54, 1.807) is 10.4 Å². The third-order valence-electron chi connectivity index (χ3n) is 3.43. The number of piperazine rings is 1. The van der Waals surface area contributed by atoms with E-state index in [4.69, 9.17) is 4.74 Å². The zero-order chi connectivity index (χ0) is 17.3. The van der Waals surface area contributed by atoms with E-state index >= 15 is 0 Å². The summed E-state index contributed by atoms with van der Waals surface area (Å²) in [5, 5.41) is 3.23. The molecule has 134 valence electrons. The van der Waals surface area contributed by atoms with Crippen LogP contribution in [0.15, 0.2) is 17.6 Å².